The van der Waals surface area contributed by atoms with Gasteiger partial charge in [-0.3, -0.25) is 9.69 Å². The van der Waals surface area contributed by atoms with E-state index in [0.717, 1.165) is 66.9 Å². The minimum absolute atomic E-state index is 0.0269. The summed E-state index contributed by atoms with van der Waals surface area (Å²) in [6.45, 7) is 6.72. The number of aromatic nitrogens is 2. The number of carbonyl (C=O) groups excluding carboxylic acids is 1. The molecule has 3 aromatic carbocycles. The summed E-state index contributed by atoms with van der Waals surface area (Å²) in [5.41, 5.74) is 5.22. The molecule has 1 saturated heterocycles. The van der Waals surface area contributed by atoms with Crippen molar-refractivity contribution in [1.82, 2.24) is 19.8 Å². The van der Waals surface area contributed by atoms with Crippen LogP contribution in [0, 0.1) is 6.92 Å². The number of piperidine rings is 1. The van der Waals surface area contributed by atoms with Gasteiger partial charge in [0.1, 0.15) is 5.75 Å². The van der Waals surface area contributed by atoms with Crippen LogP contribution in [0.15, 0.2) is 48.5 Å². The molecule has 0 radical (unpaired) electrons. The Kier molecular flexibility index (Phi) is 10.2. The smallest absolute Gasteiger partial charge is 0.417 e. The maximum Gasteiger partial charge on any atom is 0.417 e. The standard InChI is InChI=1S/C38H41ClF3N5O2/c1-23-9-5-6-18-47(23)22-27-19-30(38(40,41)42)26(20-34(27)49-4)15-14-25-10-7-11-28(24(25)2)29-12-8-13-31(35(29)39)45-37(48)36-44-32-21-43-17-16-33(32)46(36)3/h7-8,10-15,19-20,23,43H,5-6,9,16-18,21-22H2,1-4H3,(H,45,48)/b15-14+/t23-/m1/s1. The average molecular weight is 692 g/mol. The Bertz CT molecular complexity index is 1900. The summed E-state index contributed by atoms with van der Waals surface area (Å²) in [7, 11) is 3.33. The molecule has 2 N–H and O–H groups in total. The molecule has 11 heteroatoms. The van der Waals surface area contributed by atoms with Crippen molar-refractivity contribution in [2.45, 2.75) is 64.8 Å². The molecule has 0 bridgehead atoms. The molecular formula is C38H41ClF3N5O2. The van der Waals surface area contributed by atoms with Gasteiger partial charge in [-0.2, -0.15) is 13.2 Å². The molecular weight excluding hydrogens is 651 g/mol. The molecule has 0 unspecified atom stereocenters. The summed E-state index contributed by atoms with van der Waals surface area (Å²) in [6.07, 6.45) is 2.62. The highest BCUT2D eigenvalue weighted by atomic mass is 35.5. The lowest BCUT2D eigenvalue weighted by Gasteiger charge is -2.33. The zero-order valence-electron chi connectivity index (χ0n) is 28.2. The second kappa shape index (κ2) is 14.4. The van der Waals surface area contributed by atoms with Gasteiger partial charge in [-0.25, -0.2) is 4.98 Å². The van der Waals surface area contributed by atoms with Crippen molar-refractivity contribution < 1.29 is 22.7 Å². The van der Waals surface area contributed by atoms with E-state index in [2.05, 4.69) is 27.4 Å². The molecule has 4 aromatic rings. The molecule has 1 amide bonds. The Morgan fingerprint density at radius 1 is 1.12 bits per heavy atom. The number of imidazole rings is 1. The van der Waals surface area contributed by atoms with Crippen LogP contribution < -0.4 is 15.4 Å². The third-order valence-electron chi connectivity index (χ3n) is 9.76. The van der Waals surface area contributed by atoms with E-state index in [0.29, 0.717) is 52.5 Å². The molecule has 49 heavy (non-hydrogen) atoms. The maximum absolute atomic E-state index is 14.4. The number of carbonyl (C=O) groups is 1. The molecule has 258 valence electrons. The van der Waals surface area contributed by atoms with Crippen molar-refractivity contribution in [1.29, 1.82) is 0 Å². The molecule has 1 atom stereocenters. The first-order chi connectivity index (χ1) is 23.5. The quantitative estimate of drug-likeness (QED) is 0.181. The number of alkyl halides is 3. The SMILES string of the molecule is COc1cc(/C=C/c2cccc(-c3cccc(NC(=O)c4nc5c(n4C)CCNC5)c3Cl)c2C)c(C(F)(F)F)cc1CN1CCCC[C@H]1C. The fourth-order valence-corrected chi connectivity index (χ4v) is 7.20. The number of anilines is 1. The number of rotatable bonds is 8. The second-order valence-corrected chi connectivity index (χ2v) is 13.2. The van der Waals surface area contributed by atoms with Gasteiger partial charge in [0.15, 0.2) is 5.82 Å². The predicted molar refractivity (Wildman–Crippen MR) is 189 cm³/mol. The van der Waals surface area contributed by atoms with Crippen molar-refractivity contribution in [3.05, 3.63) is 98.6 Å². The van der Waals surface area contributed by atoms with Crippen LogP contribution in [0.5, 0.6) is 5.75 Å². The normalized spacial score (nSPS) is 16.9. The molecule has 3 heterocycles. The number of ether oxygens (including phenoxy) is 1. The monoisotopic (exact) mass is 691 g/mol. The first-order valence-corrected chi connectivity index (χ1v) is 17.0. The third-order valence-corrected chi connectivity index (χ3v) is 10.2. The van der Waals surface area contributed by atoms with Gasteiger partial charge in [0, 0.05) is 56.0 Å². The Morgan fingerprint density at radius 3 is 2.61 bits per heavy atom. The molecule has 0 aliphatic carbocycles. The zero-order chi connectivity index (χ0) is 34.9. The highest BCUT2D eigenvalue weighted by Gasteiger charge is 2.34. The molecule has 0 saturated carbocycles. The lowest BCUT2D eigenvalue weighted by molar-refractivity contribution is -0.137. The first-order valence-electron chi connectivity index (χ1n) is 16.6. The zero-order valence-corrected chi connectivity index (χ0v) is 28.9. The number of benzene rings is 3. The van der Waals surface area contributed by atoms with Gasteiger partial charge >= 0.3 is 6.18 Å². The Labute approximate surface area is 290 Å². The van der Waals surface area contributed by atoms with Crippen LogP contribution in [0.1, 0.15) is 76.0 Å². The van der Waals surface area contributed by atoms with Gasteiger partial charge in [0.2, 0.25) is 0 Å². The lowest BCUT2D eigenvalue weighted by atomic mass is 9.94. The maximum atomic E-state index is 14.4. The third kappa shape index (κ3) is 7.27. The molecule has 2 aliphatic heterocycles. The highest BCUT2D eigenvalue weighted by molar-refractivity contribution is 6.36. The van der Waals surface area contributed by atoms with E-state index in [-0.39, 0.29) is 11.5 Å². The number of hydrogen-bond acceptors (Lipinski definition) is 5. The summed E-state index contributed by atoms with van der Waals surface area (Å²) < 4.78 is 50.7. The van der Waals surface area contributed by atoms with Crippen LogP contribution in [0.25, 0.3) is 23.3 Å². The van der Waals surface area contributed by atoms with Crippen molar-refractivity contribution in [3.8, 4) is 16.9 Å². The van der Waals surface area contributed by atoms with Gasteiger partial charge in [-0.1, -0.05) is 60.5 Å². The topological polar surface area (TPSA) is 71.4 Å². The van der Waals surface area contributed by atoms with Crippen LogP contribution in [0.2, 0.25) is 5.02 Å². The Morgan fingerprint density at radius 2 is 1.88 bits per heavy atom. The molecule has 1 aromatic heterocycles. The van der Waals surface area contributed by atoms with Crippen molar-refractivity contribution in [2.75, 3.05) is 25.5 Å². The highest BCUT2D eigenvalue weighted by Crippen LogP contribution is 2.39. The van der Waals surface area contributed by atoms with E-state index in [1.807, 2.05) is 42.8 Å². The van der Waals surface area contributed by atoms with Gasteiger partial charge in [0.25, 0.3) is 5.91 Å². The molecule has 6 rings (SSSR count). The summed E-state index contributed by atoms with van der Waals surface area (Å²) in [5.74, 6) is 0.378. The number of amides is 1. The van der Waals surface area contributed by atoms with E-state index in [4.69, 9.17) is 16.3 Å². The van der Waals surface area contributed by atoms with E-state index < -0.39 is 11.7 Å². The second-order valence-electron chi connectivity index (χ2n) is 12.9. The van der Waals surface area contributed by atoms with Crippen molar-refractivity contribution in [3.63, 3.8) is 0 Å². The van der Waals surface area contributed by atoms with Gasteiger partial charge in [-0.15, -0.1) is 0 Å². The van der Waals surface area contributed by atoms with Crippen LogP contribution >= 0.6 is 11.6 Å². The molecule has 1 fully saturated rings. The van der Waals surface area contributed by atoms with Gasteiger partial charge < -0.3 is 19.9 Å². The fraction of sp³-hybridized carbons (Fsp3) is 0.368. The summed E-state index contributed by atoms with van der Waals surface area (Å²) in [4.78, 5) is 20.1. The number of nitrogens with zero attached hydrogens (tertiary/aromatic N) is 3. The molecule has 0 spiro atoms. The summed E-state index contributed by atoms with van der Waals surface area (Å²) in [6, 6.07) is 14.0. The van der Waals surface area contributed by atoms with E-state index >= 15 is 0 Å². The predicted octanol–water partition coefficient (Wildman–Crippen LogP) is 8.52. The number of nitrogens with one attached hydrogen (secondary N) is 2. The molecule has 7 nitrogen and oxygen atoms in total. The van der Waals surface area contributed by atoms with Crippen molar-refractivity contribution >= 4 is 35.3 Å². The largest absolute Gasteiger partial charge is 0.496 e. The summed E-state index contributed by atoms with van der Waals surface area (Å²) >= 11 is 6.90. The number of methoxy groups -OCH3 is 1. The Hall–Kier alpha value is -4.12. The lowest BCUT2D eigenvalue weighted by Crippen LogP contribution is -2.36. The van der Waals surface area contributed by atoms with E-state index in [1.165, 1.54) is 25.3 Å². The van der Waals surface area contributed by atoms with Crippen LogP contribution in [-0.4, -0.2) is 46.6 Å². The minimum Gasteiger partial charge on any atom is -0.496 e. The van der Waals surface area contributed by atoms with Crippen LogP contribution in [0.4, 0.5) is 18.9 Å². The van der Waals surface area contributed by atoms with E-state index in [1.54, 1.807) is 18.2 Å². The number of halogens is 4. The number of hydrogen-bond donors (Lipinski definition) is 2. The number of fused-ring (bicyclic) bond motifs is 1. The Balaban J connectivity index is 1.28. The fourth-order valence-electron chi connectivity index (χ4n) is 6.93. The van der Waals surface area contributed by atoms with Crippen molar-refractivity contribution in [2.24, 2.45) is 7.05 Å². The van der Waals surface area contributed by atoms with Crippen LogP contribution in [0.3, 0.4) is 0 Å². The van der Waals surface area contributed by atoms with Gasteiger partial charge in [-0.05, 0) is 73.7 Å². The minimum atomic E-state index is -4.55. The number of likely N-dealkylation sites (tertiary alicyclic amines) is 1. The summed E-state index contributed by atoms with van der Waals surface area (Å²) in [5, 5.41) is 6.55. The van der Waals surface area contributed by atoms with E-state index in [9.17, 15) is 18.0 Å². The van der Waals surface area contributed by atoms with Crippen LogP contribution in [-0.2, 0) is 32.7 Å². The average Bonchev–Trinajstić information content (AvgIpc) is 3.42. The first kappa shape index (κ1) is 34.7. The molecule has 2 aliphatic rings. The van der Waals surface area contributed by atoms with Gasteiger partial charge in [0.05, 0.1) is 29.1 Å².